The standard InChI is InChI=1S/C16H19F3N4O2S/c1-12-4-2-8-22(11-12)26(24,25)21-14-10-13(16(17,18)19)5-6-15(14)23-9-3-7-20-23/h3,5-7,9-10,12,21H,2,4,8,11H2,1H3. The molecule has 0 saturated carbocycles. The monoisotopic (exact) mass is 388 g/mol. The summed E-state index contributed by atoms with van der Waals surface area (Å²) < 4.78 is 69.5. The molecule has 3 rings (SSSR count). The van der Waals surface area contributed by atoms with Crippen molar-refractivity contribution in [1.29, 1.82) is 0 Å². The molecule has 0 aliphatic carbocycles. The molecule has 142 valence electrons. The summed E-state index contributed by atoms with van der Waals surface area (Å²) >= 11 is 0. The van der Waals surface area contributed by atoms with Crippen LogP contribution in [0.2, 0.25) is 0 Å². The third-order valence-electron chi connectivity index (χ3n) is 4.27. The van der Waals surface area contributed by atoms with Crippen LogP contribution in [0.4, 0.5) is 18.9 Å². The van der Waals surface area contributed by atoms with Gasteiger partial charge in [0.15, 0.2) is 0 Å². The van der Waals surface area contributed by atoms with Crippen LogP contribution in [0.15, 0.2) is 36.7 Å². The van der Waals surface area contributed by atoms with Crippen LogP contribution in [0, 0.1) is 5.92 Å². The zero-order chi connectivity index (χ0) is 18.9. The number of nitrogens with one attached hydrogen (secondary N) is 1. The van der Waals surface area contributed by atoms with Crippen molar-refractivity contribution >= 4 is 15.9 Å². The van der Waals surface area contributed by atoms with Crippen molar-refractivity contribution in [1.82, 2.24) is 14.1 Å². The van der Waals surface area contributed by atoms with Gasteiger partial charge in [-0.2, -0.15) is 31.0 Å². The molecule has 6 nitrogen and oxygen atoms in total. The Morgan fingerprint density at radius 3 is 2.69 bits per heavy atom. The van der Waals surface area contributed by atoms with Gasteiger partial charge in [0, 0.05) is 25.5 Å². The minimum Gasteiger partial charge on any atom is -0.269 e. The largest absolute Gasteiger partial charge is 0.416 e. The van der Waals surface area contributed by atoms with E-state index in [4.69, 9.17) is 0 Å². The molecule has 2 heterocycles. The molecule has 1 saturated heterocycles. The highest BCUT2D eigenvalue weighted by atomic mass is 32.2. The number of nitrogens with zero attached hydrogens (tertiary/aromatic N) is 3. The van der Waals surface area contributed by atoms with Crippen LogP contribution < -0.4 is 4.72 Å². The van der Waals surface area contributed by atoms with E-state index in [1.807, 2.05) is 6.92 Å². The van der Waals surface area contributed by atoms with Gasteiger partial charge in [-0.1, -0.05) is 6.92 Å². The molecule has 0 amide bonds. The minimum absolute atomic E-state index is 0.165. The maximum atomic E-state index is 13.1. The van der Waals surface area contributed by atoms with Crippen molar-refractivity contribution in [3.05, 3.63) is 42.2 Å². The molecule has 1 N–H and O–H groups in total. The highest BCUT2D eigenvalue weighted by Crippen LogP contribution is 2.34. The molecule has 1 aromatic heterocycles. The fourth-order valence-corrected chi connectivity index (χ4v) is 4.36. The molecule has 2 aromatic rings. The molecule has 10 heteroatoms. The van der Waals surface area contributed by atoms with Gasteiger partial charge in [-0.3, -0.25) is 4.72 Å². The summed E-state index contributed by atoms with van der Waals surface area (Å²) in [6.07, 6.45) is 0.0545. The van der Waals surface area contributed by atoms with Gasteiger partial charge in [-0.15, -0.1) is 0 Å². The van der Waals surface area contributed by atoms with E-state index < -0.39 is 21.9 Å². The molecule has 1 unspecified atom stereocenters. The summed E-state index contributed by atoms with van der Waals surface area (Å²) in [5, 5.41) is 3.98. The van der Waals surface area contributed by atoms with Crippen molar-refractivity contribution in [2.24, 2.45) is 5.92 Å². The predicted octanol–water partition coefficient (Wildman–Crippen LogP) is 3.28. The van der Waals surface area contributed by atoms with E-state index in [2.05, 4.69) is 9.82 Å². The lowest BCUT2D eigenvalue weighted by Crippen LogP contribution is -2.42. The lowest BCUT2D eigenvalue weighted by molar-refractivity contribution is -0.137. The molecule has 0 radical (unpaired) electrons. The summed E-state index contributed by atoms with van der Waals surface area (Å²) in [4.78, 5) is 0. The number of piperidine rings is 1. The van der Waals surface area contributed by atoms with Gasteiger partial charge in [0.05, 0.1) is 16.9 Å². The van der Waals surface area contributed by atoms with Gasteiger partial charge in [0.1, 0.15) is 0 Å². The average molecular weight is 388 g/mol. The predicted molar refractivity (Wildman–Crippen MR) is 91.1 cm³/mol. The first-order valence-corrected chi connectivity index (χ1v) is 9.60. The van der Waals surface area contributed by atoms with Gasteiger partial charge in [0.25, 0.3) is 0 Å². The lowest BCUT2D eigenvalue weighted by atomic mass is 10.0. The lowest BCUT2D eigenvalue weighted by Gasteiger charge is -2.30. The zero-order valence-corrected chi connectivity index (χ0v) is 14.9. The van der Waals surface area contributed by atoms with Gasteiger partial charge >= 0.3 is 16.4 Å². The Balaban J connectivity index is 1.99. The van der Waals surface area contributed by atoms with Crippen LogP contribution in [-0.4, -0.2) is 35.6 Å². The van der Waals surface area contributed by atoms with E-state index in [-0.39, 0.29) is 17.3 Å². The Morgan fingerprint density at radius 2 is 2.08 bits per heavy atom. The van der Waals surface area contributed by atoms with Crippen molar-refractivity contribution in [2.75, 3.05) is 17.8 Å². The van der Waals surface area contributed by atoms with Gasteiger partial charge in [0.2, 0.25) is 0 Å². The van der Waals surface area contributed by atoms with Gasteiger partial charge in [-0.05, 0) is 43.0 Å². The summed E-state index contributed by atoms with van der Waals surface area (Å²) in [5.74, 6) is 0.201. The summed E-state index contributed by atoms with van der Waals surface area (Å²) in [6.45, 7) is 2.63. The Kier molecular flexibility index (Phi) is 4.98. The number of benzene rings is 1. The number of hydrogen-bond donors (Lipinski definition) is 1. The van der Waals surface area contributed by atoms with E-state index in [1.165, 1.54) is 27.4 Å². The second kappa shape index (κ2) is 6.92. The van der Waals surface area contributed by atoms with Crippen molar-refractivity contribution in [2.45, 2.75) is 25.9 Å². The Hall–Kier alpha value is -2.07. The second-order valence-electron chi connectivity index (χ2n) is 6.39. The molecule has 1 fully saturated rings. The van der Waals surface area contributed by atoms with Crippen LogP contribution in [-0.2, 0) is 16.4 Å². The highest BCUT2D eigenvalue weighted by Gasteiger charge is 2.33. The zero-order valence-electron chi connectivity index (χ0n) is 14.1. The van der Waals surface area contributed by atoms with Crippen LogP contribution in [0.25, 0.3) is 5.69 Å². The van der Waals surface area contributed by atoms with E-state index in [0.29, 0.717) is 13.1 Å². The Labute approximate surface area is 149 Å². The number of hydrogen-bond acceptors (Lipinski definition) is 3. The second-order valence-corrected chi connectivity index (χ2v) is 8.06. The van der Waals surface area contributed by atoms with Crippen LogP contribution in [0.3, 0.4) is 0 Å². The van der Waals surface area contributed by atoms with E-state index in [0.717, 1.165) is 25.0 Å². The summed E-state index contributed by atoms with van der Waals surface area (Å²) in [5.41, 5.74) is -0.878. The van der Waals surface area contributed by atoms with Crippen molar-refractivity contribution in [3.63, 3.8) is 0 Å². The molecular weight excluding hydrogens is 369 g/mol. The number of aromatic nitrogens is 2. The first kappa shape index (κ1) is 18.7. The summed E-state index contributed by atoms with van der Waals surface area (Å²) in [7, 11) is -3.97. The molecule has 1 atom stereocenters. The average Bonchev–Trinajstić information content (AvgIpc) is 3.08. The maximum Gasteiger partial charge on any atom is 0.416 e. The SMILES string of the molecule is CC1CCCN(S(=O)(=O)Nc2cc(C(F)(F)F)ccc2-n2cccn2)C1. The third kappa shape index (κ3) is 4.01. The number of alkyl halides is 3. The van der Waals surface area contributed by atoms with Crippen LogP contribution in [0.5, 0.6) is 0 Å². The minimum atomic E-state index is -4.58. The molecule has 1 aromatic carbocycles. The fraction of sp³-hybridized carbons (Fsp3) is 0.438. The maximum absolute atomic E-state index is 13.1. The molecule has 1 aliphatic heterocycles. The van der Waals surface area contributed by atoms with Gasteiger partial charge in [-0.25, -0.2) is 4.68 Å². The highest BCUT2D eigenvalue weighted by molar-refractivity contribution is 7.90. The smallest absolute Gasteiger partial charge is 0.269 e. The first-order chi connectivity index (χ1) is 12.2. The fourth-order valence-electron chi connectivity index (χ4n) is 2.97. The molecule has 0 spiro atoms. The third-order valence-corrected chi connectivity index (χ3v) is 5.76. The van der Waals surface area contributed by atoms with E-state index in [9.17, 15) is 21.6 Å². The molecule has 26 heavy (non-hydrogen) atoms. The van der Waals surface area contributed by atoms with Crippen molar-refractivity contribution in [3.8, 4) is 5.69 Å². The van der Waals surface area contributed by atoms with Crippen LogP contribution >= 0.6 is 0 Å². The Morgan fingerprint density at radius 1 is 1.31 bits per heavy atom. The number of halogens is 3. The topological polar surface area (TPSA) is 67.2 Å². The quantitative estimate of drug-likeness (QED) is 0.874. The number of anilines is 1. The van der Waals surface area contributed by atoms with E-state index >= 15 is 0 Å². The van der Waals surface area contributed by atoms with Crippen LogP contribution in [0.1, 0.15) is 25.3 Å². The number of rotatable bonds is 4. The molecule has 1 aliphatic rings. The molecular formula is C16H19F3N4O2S. The summed E-state index contributed by atoms with van der Waals surface area (Å²) in [6, 6.07) is 4.49. The normalized spacial score (nSPS) is 19.5. The molecule has 0 bridgehead atoms. The van der Waals surface area contributed by atoms with Gasteiger partial charge < -0.3 is 0 Å². The Bertz CT molecular complexity index is 866. The first-order valence-electron chi connectivity index (χ1n) is 8.16. The van der Waals surface area contributed by atoms with E-state index in [1.54, 1.807) is 6.07 Å². The van der Waals surface area contributed by atoms with Crippen molar-refractivity contribution < 1.29 is 21.6 Å².